The molecule has 0 amide bonds. The minimum absolute atomic E-state index is 0.100. The van der Waals surface area contributed by atoms with Crippen molar-refractivity contribution >= 4 is 18.6 Å². The third kappa shape index (κ3) is 1.53. The van der Waals surface area contributed by atoms with Crippen molar-refractivity contribution in [3.05, 3.63) is 23.8 Å². The molecule has 0 radical (unpaired) electrons. The van der Waals surface area contributed by atoms with Crippen molar-refractivity contribution < 1.29 is 14.6 Å². The Kier molecular flexibility index (Phi) is 2.60. The lowest BCUT2D eigenvalue weighted by Crippen LogP contribution is -2.01. The maximum Gasteiger partial charge on any atom is 0.340 e. The fourth-order valence-corrected chi connectivity index (χ4v) is 1.20. The van der Waals surface area contributed by atoms with E-state index in [1.807, 2.05) is 0 Å². The Bertz CT molecular complexity index is 309. The van der Waals surface area contributed by atoms with E-state index in [4.69, 9.17) is 9.84 Å². The molecule has 0 aliphatic heterocycles. The van der Waals surface area contributed by atoms with Gasteiger partial charge in [-0.05, 0) is 12.1 Å². The third-order valence-electron chi connectivity index (χ3n) is 1.44. The Morgan fingerprint density at radius 3 is 2.67 bits per heavy atom. The van der Waals surface area contributed by atoms with E-state index in [1.165, 1.54) is 7.11 Å². The SMILES string of the molecule is COc1cccc(S)c1C(=O)O. The lowest BCUT2D eigenvalue weighted by atomic mass is 10.2. The molecule has 0 bridgehead atoms. The summed E-state index contributed by atoms with van der Waals surface area (Å²) in [4.78, 5) is 11.1. The maximum absolute atomic E-state index is 10.7. The molecule has 0 unspecified atom stereocenters. The summed E-state index contributed by atoms with van der Waals surface area (Å²) in [6.07, 6.45) is 0. The quantitative estimate of drug-likeness (QED) is 0.687. The molecule has 0 fully saturated rings. The standard InChI is InChI=1S/C8H8O3S/c1-11-5-3-2-4-6(12)7(5)8(9)10/h2-4,12H,1H3,(H,9,10). The molecule has 1 N–H and O–H groups in total. The van der Waals surface area contributed by atoms with Gasteiger partial charge in [-0.15, -0.1) is 12.6 Å². The van der Waals surface area contributed by atoms with Crippen molar-refractivity contribution in [1.29, 1.82) is 0 Å². The fourth-order valence-electron chi connectivity index (χ4n) is 0.905. The van der Waals surface area contributed by atoms with Gasteiger partial charge >= 0.3 is 5.97 Å². The van der Waals surface area contributed by atoms with E-state index in [9.17, 15) is 4.79 Å². The number of carbonyl (C=O) groups is 1. The molecule has 0 aliphatic carbocycles. The van der Waals surface area contributed by atoms with Crippen molar-refractivity contribution in [2.24, 2.45) is 0 Å². The largest absolute Gasteiger partial charge is 0.496 e. The van der Waals surface area contributed by atoms with Gasteiger partial charge in [0.15, 0.2) is 0 Å². The summed E-state index contributed by atoms with van der Waals surface area (Å²) in [7, 11) is 1.43. The van der Waals surface area contributed by atoms with E-state index < -0.39 is 5.97 Å². The zero-order chi connectivity index (χ0) is 9.14. The highest BCUT2D eigenvalue weighted by atomic mass is 32.1. The van der Waals surface area contributed by atoms with Crippen LogP contribution >= 0.6 is 12.6 Å². The van der Waals surface area contributed by atoms with Crippen molar-refractivity contribution in [1.82, 2.24) is 0 Å². The second-order valence-electron chi connectivity index (χ2n) is 2.16. The second kappa shape index (κ2) is 3.49. The van der Waals surface area contributed by atoms with Crippen molar-refractivity contribution in [3.8, 4) is 5.75 Å². The van der Waals surface area contributed by atoms with Gasteiger partial charge in [0.05, 0.1) is 7.11 Å². The first-order valence-electron chi connectivity index (χ1n) is 3.26. The van der Waals surface area contributed by atoms with Crippen LogP contribution in [0.4, 0.5) is 0 Å². The number of hydrogen-bond donors (Lipinski definition) is 2. The van der Waals surface area contributed by atoms with Crippen LogP contribution in [0.1, 0.15) is 10.4 Å². The lowest BCUT2D eigenvalue weighted by Gasteiger charge is -2.05. The fraction of sp³-hybridized carbons (Fsp3) is 0.125. The highest BCUT2D eigenvalue weighted by molar-refractivity contribution is 7.80. The van der Waals surface area contributed by atoms with Gasteiger partial charge in [-0.3, -0.25) is 0 Å². The van der Waals surface area contributed by atoms with Gasteiger partial charge in [0, 0.05) is 4.90 Å². The summed E-state index contributed by atoms with van der Waals surface area (Å²) in [5.74, 6) is -0.701. The number of methoxy groups -OCH3 is 1. The topological polar surface area (TPSA) is 46.5 Å². The van der Waals surface area contributed by atoms with E-state index >= 15 is 0 Å². The molecule has 4 heteroatoms. The smallest absolute Gasteiger partial charge is 0.340 e. The summed E-state index contributed by atoms with van der Waals surface area (Å²) in [5.41, 5.74) is 0.100. The van der Waals surface area contributed by atoms with Crippen LogP contribution in [0.3, 0.4) is 0 Å². The Labute approximate surface area is 75.4 Å². The zero-order valence-corrected chi connectivity index (χ0v) is 7.34. The van der Waals surface area contributed by atoms with Crippen molar-refractivity contribution in [2.75, 3.05) is 7.11 Å². The Morgan fingerprint density at radius 2 is 2.25 bits per heavy atom. The van der Waals surface area contributed by atoms with Crippen LogP contribution in [-0.4, -0.2) is 18.2 Å². The first kappa shape index (κ1) is 8.93. The molecule has 0 saturated carbocycles. The molecule has 3 nitrogen and oxygen atoms in total. The van der Waals surface area contributed by atoms with Crippen LogP contribution in [0.2, 0.25) is 0 Å². The van der Waals surface area contributed by atoms with Crippen LogP contribution < -0.4 is 4.74 Å². The van der Waals surface area contributed by atoms with Crippen LogP contribution in [0.15, 0.2) is 23.1 Å². The van der Waals surface area contributed by atoms with E-state index in [0.717, 1.165) is 0 Å². The molecule has 1 rings (SSSR count). The van der Waals surface area contributed by atoms with E-state index in [2.05, 4.69) is 12.6 Å². The molecule has 0 aliphatic rings. The monoisotopic (exact) mass is 184 g/mol. The van der Waals surface area contributed by atoms with Gasteiger partial charge in [-0.25, -0.2) is 4.79 Å². The molecule has 64 valence electrons. The van der Waals surface area contributed by atoms with Crippen LogP contribution in [0, 0.1) is 0 Å². The van der Waals surface area contributed by atoms with Crippen LogP contribution in [0.5, 0.6) is 5.75 Å². The molecule has 1 aromatic rings. The summed E-state index contributed by atoms with van der Waals surface area (Å²) in [5, 5.41) is 8.75. The number of carboxylic acid groups (broad SMARTS) is 1. The van der Waals surface area contributed by atoms with Gasteiger partial charge in [-0.2, -0.15) is 0 Å². The summed E-state index contributed by atoms with van der Waals surface area (Å²) >= 11 is 4.00. The van der Waals surface area contributed by atoms with Gasteiger partial charge in [0.1, 0.15) is 11.3 Å². The number of thiol groups is 1. The number of hydrogen-bond acceptors (Lipinski definition) is 3. The van der Waals surface area contributed by atoms with Gasteiger partial charge in [0.25, 0.3) is 0 Å². The number of carboxylic acids is 1. The van der Waals surface area contributed by atoms with Gasteiger partial charge in [-0.1, -0.05) is 6.07 Å². The number of aromatic carboxylic acids is 1. The molecular formula is C8H8O3S. The first-order chi connectivity index (χ1) is 5.66. The molecule has 0 saturated heterocycles. The third-order valence-corrected chi connectivity index (χ3v) is 1.81. The van der Waals surface area contributed by atoms with E-state index in [-0.39, 0.29) is 5.56 Å². The zero-order valence-electron chi connectivity index (χ0n) is 6.44. The lowest BCUT2D eigenvalue weighted by molar-refractivity contribution is 0.0689. The predicted molar refractivity (Wildman–Crippen MR) is 47.2 cm³/mol. The Balaban J connectivity index is 3.29. The minimum atomic E-state index is -1.03. The highest BCUT2D eigenvalue weighted by Gasteiger charge is 2.13. The predicted octanol–water partition coefficient (Wildman–Crippen LogP) is 1.68. The summed E-state index contributed by atoms with van der Waals surface area (Å²) in [6.45, 7) is 0. The van der Waals surface area contributed by atoms with Crippen molar-refractivity contribution in [3.63, 3.8) is 0 Å². The maximum atomic E-state index is 10.7. The van der Waals surface area contributed by atoms with E-state index in [1.54, 1.807) is 18.2 Å². The van der Waals surface area contributed by atoms with Gasteiger partial charge < -0.3 is 9.84 Å². The number of ether oxygens (including phenoxy) is 1. The molecule has 0 atom stereocenters. The Morgan fingerprint density at radius 1 is 1.58 bits per heavy atom. The summed E-state index contributed by atoms with van der Waals surface area (Å²) < 4.78 is 4.86. The number of benzene rings is 1. The van der Waals surface area contributed by atoms with E-state index in [0.29, 0.717) is 10.6 Å². The van der Waals surface area contributed by atoms with Gasteiger partial charge in [0.2, 0.25) is 0 Å². The molecular weight excluding hydrogens is 176 g/mol. The Hall–Kier alpha value is -1.16. The van der Waals surface area contributed by atoms with Crippen LogP contribution in [0.25, 0.3) is 0 Å². The molecule has 1 aromatic carbocycles. The molecule has 0 heterocycles. The molecule has 12 heavy (non-hydrogen) atoms. The minimum Gasteiger partial charge on any atom is -0.496 e. The van der Waals surface area contributed by atoms with Crippen molar-refractivity contribution in [2.45, 2.75) is 4.90 Å². The molecule has 0 aromatic heterocycles. The normalized spacial score (nSPS) is 9.50. The highest BCUT2D eigenvalue weighted by Crippen LogP contribution is 2.24. The molecule has 0 spiro atoms. The second-order valence-corrected chi connectivity index (χ2v) is 2.64. The average molecular weight is 184 g/mol. The average Bonchev–Trinajstić information content (AvgIpc) is 2.03. The summed E-state index contributed by atoms with van der Waals surface area (Å²) in [6, 6.07) is 4.88. The van der Waals surface area contributed by atoms with Crippen LogP contribution in [-0.2, 0) is 0 Å². The first-order valence-corrected chi connectivity index (χ1v) is 3.70. The number of rotatable bonds is 2.